The third-order valence-corrected chi connectivity index (χ3v) is 5.34. The van der Waals surface area contributed by atoms with Gasteiger partial charge < -0.3 is 9.87 Å². The molecule has 8 heteroatoms. The molecule has 1 fully saturated rings. The summed E-state index contributed by atoms with van der Waals surface area (Å²) in [5, 5.41) is 3.94. The fourth-order valence-electron chi connectivity index (χ4n) is 2.94. The third-order valence-electron chi connectivity index (χ3n) is 4.34. The molecule has 0 aliphatic carbocycles. The number of aryl methyl sites for hydroxylation is 1. The Kier molecular flexibility index (Phi) is 6.01. The van der Waals surface area contributed by atoms with Gasteiger partial charge in [-0.05, 0) is 43.5 Å². The molecule has 0 saturated carbocycles. The summed E-state index contributed by atoms with van der Waals surface area (Å²) in [6, 6.07) is 7.30. The van der Waals surface area contributed by atoms with E-state index in [4.69, 9.17) is 16.2 Å². The summed E-state index contributed by atoms with van der Waals surface area (Å²) in [5.74, 6) is 0.689. The van der Waals surface area contributed by atoms with Crippen LogP contribution in [-0.4, -0.2) is 42.8 Å². The number of hydrogen-bond acceptors (Lipinski definition) is 5. The van der Waals surface area contributed by atoms with E-state index in [9.17, 15) is 4.21 Å². The molecule has 0 amide bonds. The monoisotopic (exact) mass is 380 g/mol. The highest BCUT2D eigenvalue weighted by Gasteiger charge is 2.20. The summed E-state index contributed by atoms with van der Waals surface area (Å²) in [6.45, 7) is 4.60. The molecular weight excluding hydrogens is 360 g/mol. The first-order chi connectivity index (χ1) is 12.0. The van der Waals surface area contributed by atoms with Crippen LogP contribution in [-0.2, 0) is 17.6 Å². The second-order valence-corrected chi connectivity index (χ2v) is 7.60. The third kappa shape index (κ3) is 4.98. The van der Waals surface area contributed by atoms with E-state index in [2.05, 4.69) is 20.2 Å². The van der Waals surface area contributed by atoms with Crippen LogP contribution in [0.25, 0.3) is 0 Å². The average molecular weight is 381 g/mol. The zero-order valence-electron chi connectivity index (χ0n) is 14.0. The van der Waals surface area contributed by atoms with Crippen molar-refractivity contribution in [2.75, 3.05) is 18.4 Å². The van der Waals surface area contributed by atoms with E-state index >= 15 is 0 Å². The van der Waals surface area contributed by atoms with Gasteiger partial charge in [0.15, 0.2) is 11.1 Å². The van der Waals surface area contributed by atoms with Gasteiger partial charge in [-0.25, -0.2) is 14.2 Å². The van der Waals surface area contributed by atoms with E-state index < -0.39 is 11.1 Å². The molecule has 3 rings (SSSR count). The molecule has 1 aliphatic heterocycles. The van der Waals surface area contributed by atoms with E-state index in [1.165, 1.54) is 0 Å². The fraction of sp³-hybridized carbons (Fsp3) is 0.412. The summed E-state index contributed by atoms with van der Waals surface area (Å²) in [7, 11) is 0. The van der Waals surface area contributed by atoms with E-state index in [-0.39, 0.29) is 0 Å². The molecule has 1 saturated heterocycles. The minimum absolute atomic E-state index is 0.329. The fourth-order valence-corrected chi connectivity index (χ4v) is 3.65. The van der Waals surface area contributed by atoms with E-state index in [0.29, 0.717) is 21.9 Å². The second kappa shape index (κ2) is 8.23. The molecule has 6 nitrogen and oxygen atoms in total. The smallest absolute Gasteiger partial charge is 0.223 e. The standard InChI is InChI=1S/C17H21ClN4O2S/c1-12-4-7-19-17(20-12)21-14-5-8-22(9-6-14)11-13-2-3-15(25(23)24)10-16(13)18/h2-4,7,10,14H,5-6,8-9,11H2,1H3,(H,23,24)(H,19,20,21). The van der Waals surface area contributed by atoms with E-state index in [1.54, 1.807) is 18.3 Å². The number of nitrogens with one attached hydrogen (secondary N) is 1. The molecule has 0 spiro atoms. The number of hydrogen-bond donors (Lipinski definition) is 2. The number of benzene rings is 1. The van der Waals surface area contributed by atoms with Crippen LogP contribution in [0.1, 0.15) is 24.1 Å². The highest BCUT2D eigenvalue weighted by Crippen LogP contribution is 2.23. The molecule has 1 aliphatic rings. The molecule has 0 bridgehead atoms. The lowest BCUT2D eigenvalue weighted by Gasteiger charge is -2.32. The molecule has 134 valence electrons. The molecule has 1 aromatic heterocycles. The summed E-state index contributed by atoms with van der Waals surface area (Å²) >= 11 is 4.24. The molecule has 2 aromatic rings. The lowest BCUT2D eigenvalue weighted by atomic mass is 10.0. The van der Waals surface area contributed by atoms with Gasteiger partial charge in [-0.2, -0.15) is 0 Å². The van der Waals surface area contributed by atoms with Crippen LogP contribution >= 0.6 is 11.6 Å². The predicted octanol–water partition coefficient (Wildman–Crippen LogP) is 3.10. The van der Waals surface area contributed by atoms with Crippen molar-refractivity contribution in [1.82, 2.24) is 14.9 Å². The summed E-state index contributed by atoms with van der Waals surface area (Å²) in [5.41, 5.74) is 1.93. The van der Waals surface area contributed by atoms with Crippen molar-refractivity contribution in [2.24, 2.45) is 0 Å². The van der Waals surface area contributed by atoms with Crippen LogP contribution in [0.4, 0.5) is 5.95 Å². The van der Waals surface area contributed by atoms with E-state index in [1.807, 2.05) is 19.1 Å². The highest BCUT2D eigenvalue weighted by molar-refractivity contribution is 7.79. The van der Waals surface area contributed by atoms with Crippen LogP contribution in [0.5, 0.6) is 0 Å². The Morgan fingerprint density at radius 3 is 2.76 bits per heavy atom. The quantitative estimate of drug-likeness (QED) is 0.776. The van der Waals surface area contributed by atoms with E-state index in [0.717, 1.165) is 43.7 Å². The normalized spacial score (nSPS) is 17.4. The highest BCUT2D eigenvalue weighted by atomic mass is 35.5. The Balaban J connectivity index is 1.53. The predicted molar refractivity (Wildman–Crippen MR) is 99.2 cm³/mol. The first-order valence-corrected chi connectivity index (χ1v) is 9.67. The summed E-state index contributed by atoms with van der Waals surface area (Å²) in [6.07, 6.45) is 3.78. The number of rotatable bonds is 5. The zero-order valence-corrected chi connectivity index (χ0v) is 15.6. The summed E-state index contributed by atoms with van der Waals surface area (Å²) < 4.78 is 20.2. The molecule has 25 heavy (non-hydrogen) atoms. The van der Waals surface area contributed by atoms with Crippen molar-refractivity contribution in [3.8, 4) is 0 Å². The van der Waals surface area contributed by atoms with Crippen LogP contribution in [0.2, 0.25) is 5.02 Å². The van der Waals surface area contributed by atoms with Crippen molar-refractivity contribution in [3.63, 3.8) is 0 Å². The zero-order chi connectivity index (χ0) is 17.8. The molecule has 2 heterocycles. The molecular formula is C17H21ClN4O2S. The number of nitrogens with zero attached hydrogens (tertiary/aromatic N) is 3. The van der Waals surface area contributed by atoms with Gasteiger partial charge in [0.2, 0.25) is 5.95 Å². The largest absolute Gasteiger partial charge is 0.351 e. The number of likely N-dealkylation sites (tertiary alicyclic amines) is 1. The lowest BCUT2D eigenvalue weighted by molar-refractivity contribution is 0.211. The molecule has 1 aromatic carbocycles. The molecule has 1 atom stereocenters. The molecule has 1 unspecified atom stereocenters. The number of halogens is 1. The number of piperidine rings is 1. The van der Waals surface area contributed by atoms with Crippen LogP contribution < -0.4 is 5.32 Å². The Morgan fingerprint density at radius 1 is 1.36 bits per heavy atom. The van der Waals surface area contributed by atoms with Crippen LogP contribution in [0.15, 0.2) is 35.4 Å². The van der Waals surface area contributed by atoms with Crippen molar-refractivity contribution in [1.29, 1.82) is 0 Å². The van der Waals surface area contributed by atoms with Crippen molar-refractivity contribution < 1.29 is 8.76 Å². The van der Waals surface area contributed by atoms with Gasteiger partial charge in [0.1, 0.15) is 0 Å². The second-order valence-electron chi connectivity index (χ2n) is 6.22. The van der Waals surface area contributed by atoms with Crippen molar-refractivity contribution in [3.05, 3.63) is 46.7 Å². The van der Waals surface area contributed by atoms with Gasteiger partial charge in [0.25, 0.3) is 0 Å². The topological polar surface area (TPSA) is 78.4 Å². The van der Waals surface area contributed by atoms with Gasteiger partial charge in [0, 0.05) is 42.6 Å². The van der Waals surface area contributed by atoms with Crippen molar-refractivity contribution >= 4 is 28.6 Å². The van der Waals surface area contributed by atoms with Crippen LogP contribution in [0.3, 0.4) is 0 Å². The van der Waals surface area contributed by atoms with Gasteiger partial charge in [-0.3, -0.25) is 4.90 Å². The SMILES string of the molecule is Cc1ccnc(NC2CCN(Cc3ccc(S(=O)O)cc3Cl)CC2)n1. The average Bonchev–Trinajstić information content (AvgIpc) is 2.58. The van der Waals surface area contributed by atoms with Gasteiger partial charge in [-0.15, -0.1) is 0 Å². The first-order valence-electron chi connectivity index (χ1n) is 8.19. The number of anilines is 1. The van der Waals surface area contributed by atoms with Crippen molar-refractivity contribution in [2.45, 2.75) is 37.2 Å². The Hall–Kier alpha value is -1.54. The Bertz CT molecular complexity index is 766. The van der Waals surface area contributed by atoms with Gasteiger partial charge >= 0.3 is 0 Å². The lowest BCUT2D eigenvalue weighted by Crippen LogP contribution is -2.39. The Morgan fingerprint density at radius 2 is 2.12 bits per heavy atom. The van der Waals surface area contributed by atoms with Gasteiger partial charge in [-0.1, -0.05) is 17.7 Å². The van der Waals surface area contributed by atoms with Gasteiger partial charge in [0.05, 0.1) is 4.90 Å². The molecule has 2 N–H and O–H groups in total. The maximum Gasteiger partial charge on any atom is 0.223 e. The maximum absolute atomic E-state index is 11.1. The van der Waals surface area contributed by atoms with Crippen LogP contribution in [0, 0.1) is 6.92 Å². The first kappa shape index (κ1) is 18.3. The maximum atomic E-state index is 11.1. The number of aromatic nitrogens is 2. The molecule has 0 radical (unpaired) electrons. The minimum Gasteiger partial charge on any atom is -0.351 e. The minimum atomic E-state index is -2.00. The Labute approximate surface area is 154 Å². The summed E-state index contributed by atoms with van der Waals surface area (Å²) in [4.78, 5) is 11.3.